The number of alkyl halides is 2. The molecule has 0 bridgehead atoms. The Balaban J connectivity index is 3.27. The van der Waals surface area contributed by atoms with E-state index in [1.54, 1.807) is 19.2 Å². The molecule has 0 fully saturated rings. The van der Waals surface area contributed by atoms with E-state index >= 15 is 0 Å². The number of halogens is 2. The number of hydrogen-bond acceptors (Lipinski definition) is 1. The van der Waals surface area contributed by atoms with Gasteiger partial charge in [-0.15, -0.1) is 0 Å². The zero-order chi connectivity index (χ0) is 16.0. The first-order valence-corrected chi connectivity index (χ1v) is 7.27. The van der Waals surface area contributed by atoms with Gasteiger partial charge < -0.3 is 4.98 Å². The van der Waals surface area contributed by atoms with Crippen molar-refractivity contribution in [2.24, 2.45) is 16.8 Å². The topological polar surface area (TPSA) is 28.1 Å². The SMILES string of the molecule is C=C(/C=C(\N=C(C(F)F)C(C)CC)c1ccc[nH]1)C(C)C. The van der Waals surface area contributed by atoms with E-state index in [-0.39, 0.29) is 17.5 Å². The van der Waals surface area contributed by atoms with Crippen molar-refractivity contribution in [2.75, 3.05) is 0 Å². The molecule has 0 radical (unpaired) electrons. The first-order valence-electron chi connectivity index (χ1n) is 7.27. The molecular formula is C17H24F2N2. The highest BCUT2D eigenvalue weighted by molar-refractivity contribution is 5.93. The predicted octanol–water partition coefficient (Wildman–Crippen LogP) is 5.32. The van der Waals surface area contributed by atoms with Gasteiger partial charge in [0.2, 0.25) is 0 Å². The first-order chi connectivity index (χ1) is 9.86. The summed E-state index contributed by atoms with van der Waals surface area (Å²) >= 11 is 0. The molecule has 1 rings (SSSR count). The number of allylic oxidation sites excluding steroid dienone is 2. The maximum atomic E-state index is 13.2. The molecule has 1 N–H and O–H groups in total. The Bertz CT molecular complexity index is 511. The van der Waals surface area contributed by atoms with Crippen molar-refractivity contribution in [1.29, 1.82) is 0 Å². The molecule has 1 aromatic rings. The highest BCUT2D eigenvalue weighted by Crippen LogP contribution is 2.22. The lowest BCUT2D eigenvalue weighted by atomic mass is 10.0. The molecule has 116 valence electrons. The van der Waals surface area contributed by atoms with Crippen LogP contribution in [0.4, 0.5) is 8.78 Å². The monoisotopic (exact) mass is 294 g/mol. The highest BCUT2D eigenvalue weighted by atomic mass is 19.3. The number of nitrogens with zero attached hydrogens (tertiary/aromatic N) is 1. The lowest BCUT2D eigenvalue weighted by Gasteiger charge is -2.14. The van der Waals surface area contributed by atoms with Crippen LogP contribution in [0.25, 0.3) is 5.70 Å². The van der Waals surface area contributed by atoms with Gasteiger partial charge in [0.15, 0.2) is 0 Å². The van der Waals surface area contributed by atoms with Crippen LogP contribution in [0, 0.1) is 11.8 Å². The Morgan fingerprint density at radius 3 is 2.48 bits per heavy atom. The summed E-state index contributed by atoms with van der Waals surface area (Å²) in [7, 11) is 0. The standard InChI is InChI=1S/C17H24F2N2/c1-6-12(4)16(17(18)19)21-15(10-13(5)11(2)3)14-8-7-9-20-14/h7-12,17,20H,5-6H2,1-4H3/b15-10-,21-16?. The third-order valence-electron chi connectivity index (χ3n) is 3.53. The van der Waals surface area contributed by atoms with Crippen molar-refractivity contribution in [3.8, 4) is 0 Å². The molecule has 1 heterocycles. The minimum Gasteiger partial charge on any atom is -0.360 e. The Hall–Kier alpha value is -1.71. The van der Waals surface area contributed by atoms with Crippen LogP contribution in [0.1, 0.15) is 39.8 Å². The lowest BCUT2D eigenvalue weighted by molar-refractivity contribution is 0.218. The van der Waals surface area contributed by atoms with Crippen molar-refractivity contribution >= 4 is 11.4 Å². The second-order valence-corrected chi connectivity index (χ2v) is 5.49. The maximum Gasteiger partial charge on any atom is 0.276 e. The van der Waals surface area contributed by atoms with Crippen LogP contribution in [-0.2, 0) is 0 Å². The Morgan fingerprint density at radius 1 is 1.38 bits per heavy atom. The van der Waals surface area contributed by atoms with Crippen LogP contribution < -0.4 is 0 Å². The Morgan fingerprint density at radius 2 is 2.05 bits per heavy atom. The zero-order valence-electron chi connectivity index (χ0n) is 13.2. The summed E-state index contributed by atoms with van der Waals surface area (Å²) in [5, 5.41) is 0. The van der Waals surface area contributed by atoms with Gasteiger partial charge in [0.05, 0.1) is 17.1 Å². The normalized spacial score (nSPS) is 14.9. The van der Waals surface area contributed by atoms with Crippen molar-refractivity contribution < 1.29 is 8.78 Å². The van der Waals surface area contributed by atoms with Gasteiger partial charge in [0, 0.05) is 6.20 Å². The predicted molar refractivity (Wildman–Crippen MR) is 85.6 cm³/mol. The van der Waals surface area contributed by atoms with E-state index in [1.165, 1.54) is 0 Å². The number of hydrogen-bond donors (Lipinski definition) is 1. The molecule has 0 saturated carbocycles. The third kappa shape index (κ3) is 4.96. The first kappa shape index (κ1) is 17.3. The number of aromatic nitrogens is 1. The number of nitrogens with one attached hydrogen (secondary N) is 1. The summed E-state index contributed by atoms with van der Waals surface area (Å²) in [6, 6.07) is 3.64. The van der Waals surface area contributed by atoms with Crippen molar-refractivity contribution in [2.45, 2.75) is 40.5 Å². The fourth-order valence-corrected chi connectivity index (χ4v) is 1.72. The molecule has 0 aliphatic rings. The number of aromatic amines is 1. The van der Waals surface area contributed by atoms with Crippen LogP contribution >= 0.6 is 0 Å². The zero-order valence-corrected chi connectivity index (χ0v) is 13.2. The smallest absolute Gasteiger partial charge is 0.276 e. The maximum absolute atomic E-state index is 13.2. The minimum absolute atomic E-state index is 0.0742. The molecule has 2 nitrogen and oxygen atoms in total. The molecular weight excluding hydrogens is 270 g/mol. The van der Waals surface area contributed by atoms with Crippen molar-refractivity contribution in [3.63, 3.8) is 0 Å². The fraction of sp³-hybridized carbons (Fsp3) is 0.471. The molecule has 0 aliphatic heterocycles. The van der Waals surface area contributed by atoms with Gasteiger partial charge >= 0.3 is 0 Å². The van der Waals surface area contributed by atoms with E-state index in [0.29, 0.717) is 12.1 Å². The molecule has 0 spiro atoms. The number of aliphatic imine (C=N–C) groups is 1. The van der Waals surface area contributed by atoms with Gasteiger partial charge in [0.1, 0.15) is 0 Å². The van der Waals surface area contributed by atoms with Crippen LogP contribution in [0.5, 0.6) is 0 Å². The highest BCUT2D eigenvalue weighted by Gasteiger charge is 2.20. The van der Waals surface area contributed by atoms with Gasteiger partial charge in [-0.05, 0) is 36.5 Å². The third-order valence-corrected chi connectivity index (χ3v) is 3.53. The van der Waals surface area contributed by atoms with Crippen LogP contribution in [0.2, 0.25) is 0 Å². The molecule has 1 aromatic heterocycles. The summed E-state index contributed by atoms with van der Waals surface area (Å²) < 4.78 is 26.5. The number of H-pyrrole nitrogens is 1. The van der Waals surface area contributed by atoms with Gasteiger partial charge in [-0.2, -0.15) is 0 Å². The molecule has 1 atom stereocenters. The molecule has 21 heavy (non-hydrogen) atoms. The van der Waals surface area contributed by atoms with Gasteiger partial charge in [-0.3, -0.25) is 0 Å². The average Bonchev–Trinajstić information content (AvgIpc) is 2.95. The quantitative estimate of drug-likeness (QED) is 0.521. The average molecular weight is 294 g/mol. The summed E-state index contributed by atoms with van der Waals surface area (Å²) in [6.45, 7) is 11.7. The Labute approximate surface area is 125 Å². The fourth-order valence-electron chi connectivity index (χ4n) is 1.72. The summed E-state index contributed by atoms with van der Waals surface area (Å²) in [6.07, 6.45) is 1.61. The summed E-state index contributed by atoms with van der Waals surface area (Å²) in [5.41, 5.74) is 2.02. The van der Waals surface area contributed by atoms with E-state index < -0.39 is 6.43 Å². The van der Waals surface area contributed by atoms with Gasteiger partial charge in [0.25, 0.3) is 6.43 Å². The molecule has 0 aliphatic carbocycles. The van der Waals surface area contributed by atoms with Gasteiger partial charge in [-0.1, -0.05) is 39.8 Å². The second kappa shape index (κ2) is 7.91. The molecule has 0 aromatic carbocycles. The second-order valence-electron chi connectivity index (χ2n) is 5.49. The van der Waals surface area contributed by atoms with Crippen molar-refractivity contribution in [3.05, 3.63) is 42.3 Å². The van der Waals surface area contributed by atoms with E-state index in [2.05, 4.69) is 16.6 Å². The molecule has 1 unspecified atom stereocenters. The Kier molecular flexibility index (Phi) is 6.53. The van der Waals surface area contributed by atoms with Crippen molar-refractivity contribution in [1.82, 2.24) is 4.98 Å². The molecule has 4 heteroatoms. The minimum atomic E-state index is -2.55. The van der Waals surface area contributed by atoms with E-state index in [0.717, 1.165) is 11.3 Å². The van der Waals surface area contributed by atoms with Gasteiger partial charge in [-0.25, -0.2) is 13.8 Å². The number of rotatable bonds is 7. The van der Waals surface area contributed by atoms with Crippen LogP contribution in [0.3, 0.4) is 0 Å². The summed E-state index contributed by atoms with van der Waals surface area (Å²) in [4.78, 5) is 7.27. The lowest BCUT2D eigenvalue weighted by Crippen LogP contribution is -2.19. The van der Waals surface area contributed by atoms with Crippen LogP contribution in [0.15, 0.2) is 41.6 Å². The largest absolute Gasteiger partial charge is 0.360 e. The molecule has 0 amide bonds. The van der Waals surface area contributed by atoms with E-state index in [4.69, 9.17) is 0 Å². The summed E-state index contributed by atoms with van der Waals surface area (Å²) in [5.74, 6) is -0.0144. The molecule has 0 saturated heterocycles. The van der Waals surface area contributed by atoms with Crippen LogP contribution in [-0.4, -0.2) is 17.1 Å². The van der Waals surface area contributed by atoms with E-state index in [9.17, 15) is 8.78 Å². The van der Waals surface area contributed by atoms with E-state index in [1.807, 2.05) is 32.9 Å².